The molecular formula is C12H24B3N. The first-order valence-corrected chi connectivity index (χ1v) is 6.61. The number of rotatable bonds is 7. The Morgan fingerprint density at radius 2 is 2.06 bits per heavy atom. The standard InChI is InChI=1S/C12H24B3N/c1-5-12(6-7-16(4)15-13)8-11(9-12)14-10(2)3/h10-11H,5-9H2,1-4H3. The van der Waals surface area contributed by atoms with E-state index in [2.05, 4.69) is 39.9 Å². The molecule has 1 aliphatic carbocycles. The zero-order valence-electron chi connectivity index (χ0n) is 11.4. The van der Waals surface area contributed by atoms with E-state index in [9.17, 15) is 0 Å². The highest BCUT2D eigenvalue weighted by Gasteiger charge is 2.42. The lowest BCUT2D eigenvalue weighted by Crippen LogP contribution is -2.39. The highest BCUT2D eigenvalue weighted by atomic mass is 15.0. The summed E-state index contributed by atoms with van der Waals surface area (Å²) < 4.78 is 0. The third-order valence-corrected chi connectivity index (χ3v) is 4.05. The molecule has 0 atom stereocenters. The Labute approximate surface area is 105 Å². The lowest BCUT2D eigenvalue weighted by atomic mass is 9.42. The van der Waals surface area contributed by atoms with E-state index < -0.39 is 0 Å². The zero-order valence-corrected chi connectivity index (χ0v) is 11.4. The first kappa shape index (κ1) is 14.2. The van der Waals surface area contributed by atoms with Gasteiger partial charge in [-0.05, 0) is 25.4 Å². The van der Waals surface area contributed by atoms with Gasteiger partial charge in [-0.1, -0.05) is 51.7 Å². The summed E-state index contributed by atoms with van der Waals surface area (Å²) in [6.45, 7) is 7.99. The predicted molar refractivity (Wildman–Crippen MR) is 75.3 cm³/mol. The summed E-state index contributed by atoms with van der Waals surface area (Å²) in [5.41, 5.74) is 0.604. The van der Waals surface area contributed by atoms with Crippen LogP contribution in [-0.4, -0.2) is 40.7 Å². The van der Waals surface area contributed by atoms with Crippen LogP contribution in [0.15, 0.2) is 0 Å². The molecule has 86 valence electrons. The van der Waals surface area contributed by atoms with Crippen LogP contribution in [0.5, 0.6) is 0 Å². The number of nitrogens with zero attached hydrogens (tertiary/aromatic N) is 1. The summed E-state index contributed by atoms with van der Waals surface area (Å²) in [5.74, 6) is 1.60. The van der Waals surface area contributed by atoms with E-state index in [0.717, 1.165) is 18.2 Å². The maximum absolute atomic E-state index is 5.49. The molecule has 0 bridgehead atoms. The van der Waals surface area contributed by atoms with E-state index >= 15 is 0 Å². The molecule has 0 aromatic rings. The minimum atomic E-state index is 0.604. The quantitative estimate of drug-likeness (QED) is 0.589. The maximum Gasteiger partial charge on any atom is 0.148 e. The summed E-state index contributed by atoms with van der Waals surface area (Å²) in [4.78, 5) is 2.09. The molecule has 1 fully saturated rings. The van der Waals surface area contributed by atoms with Gasteiger partial charge < -0.3 is 4.81 Å². The van der Waals surface area contributed by atoms with Gasteiger partial charge in [-0.2, -0.15) is 0 Å². The highest BCUT2D eigenvalue weighted by molar-refractivity contribution is 6.87. The van der Waals surface area contributed by atoms with Crippen LogP contribution in [0.25, 0.3) is 0 Å². The van der Waals surface area contributed by atoms with Crippen molar-refractivity contribution in [2.45, 2.75) is 58.1 Å². The van der Waals surface area contributed by atoms with E-state index in [1.807, 2.05) is 0 Å². The Morgan fingerprint density at radius 1 is 1.44 bits per heavy atom. The second-order valence-electron chi connectivity index (χ2n) is 5.84. The third-order valence-electron chi connectivity index (χ3n) is 4.05. The lowest BCUT2D eigenvalue weighted by molar-refractivity contribution is 0.106. The number of hydrogen-bond donors (Lipinski definition) is 0. The molecule has 0 N–H and O–H groups in total. The molecule has 0 aliphatic heterocycles. The first-order chi connectivity index (χ1) is 7.51. The second-order valence-corrected chi connectivity index (χ2v) is 5.84. The van der Waals surface area contributed by atoms with Crippen molar-refractivity contribution in [3.8, 4) is 0 Å². The highest BCUT2D eigenvalue weighted by Crippen LogP contribution is 2.54. The smallest absolute Gasteiger partial charge is 0.148 e. The minimum Gasteiger partial charge on any atom is -0.359 e. The van der Waals surface area contributed by atoms with Gasteiger partial charge in [-0.15, -0.1) is 0 Å². The van der Waals surface area contributed by atoms with E-state index in [0.29, 0.717) is 5.41 Å². The van der Waals surface area contributed by atoms with Crippen LogP contribution in [0.4, 0.5) is 0 Å². The SMILES string of the molecule is [B][B]N(C)CCC1(CC)CC([B]C(C)C)C1. The zero-order chi connectivity index (χ0) is 12.2. The van der Waals surface area contributed by atoms with Crippen molar-refractivity contribution in [1.29, 1.82) is 0 Å². The Morgan fingerprint density at radius 3 is 2.50 bits per heavy atom. The van der Waals surface area contributed by atoms with E-state index in [1.54, 1.807) is 7.31 Å². The predicted octanol–water partition coefficient (Wildman–Crippen LogP) is 2.52. The molecule has 0 heterocycles. The molecule has 0 saturated heterocycles. The van der Waals surface area contributed by atoms with Crippen molar-refractivity contribution in [3.05, 3.63) is 0 Å². The van der Waals surface area contributed by atoms with Gasteiger partial charge in [0.2, 0.25) is 0 Å². The molecule has 0 spiro atoms. The molecule has 1 rings (SSSR count). The van der Waals surface area contributed by atoms with Gasteiger partial charge in [0.1, 0.15) is 14.6 Å². The molecule has 0 aromatic carbocycles. The fraction of sp³-hybridized carbons (Fsp3) is 1.00. The minimum absolute atomic E-state index is 0.604. The van der Waals surface area contributed by atoms with Crippen LogP contribution >= 0.6 is 0 Å². The molecule has 0 unspecified atom stereocenters. The van der Waals surface area contributed by atoms with Crippen LogP contribution in [0.2, 0.25) is 11.6 Å². The van der Waals surface area contributed by atoms with Crippen LogP contribution in [0, 0.1) is 5.41 Å². The van der Waals surface area contributed by atoms with Crippen LogP contribution < -0.4 is 0 Å². The van der Waals surface area contributed by atoms with Crippen LogP contribution in [0.1, 0.15) is 46.5 Å². The molecule has 1 saturated carbocycles. The van der Waals surface area contributed by atoms with E-state index in [-0.39, 0.29) is 0 Å². The van der Waals surface area contributed by atoms with Gasteiger partial charge >= 0.3 is 0 Å². The monoisotopic (exact) mass is 215 g/mol. The molecule has 0 amide bonds. The van der Waals surface area contributed by atoms with Crippen molar-refractivity contribution in [2.24, 2.45) is 5.41 Å². The fourth-order valence-corrected chi connectivity index (χ4v) is 2.89. The summed E-state index contributed by atoms with van der Waals surface area (Å²) in [6.07, 6.45) is 5.38. The van der Waals surface area contributed by atoms with Gasteiger partial charge in [0, 0.05) is 7.74 Å². The molecule has 1 aliphatic rings. The van der Waals surface area contributed by atoms with Crippen molar-refractivity contribution in [3.63, 3.8) is 0 Å². The third kappa shape index (κ3) is 3.87. The average molecular weight is 215 g/mol. The second kappa shape index (κ2) is 6.19. The van der Waals surface area contributed by atoms with Crippen molar-refractivity contribution < 1.29 is 0 Å². The molecular weight excluding hydrogens is 191 g/mol. The molecule has 4 heteroatoms. The van der Waals surface area contributed by atoms with E-state index in [1.165, 1.54) is 25.7 Å². The van der Waals surface area contributed by atoms with Crippen molar-refractivity contribution in [1.82, 2.24) is 4.81 Å². The van der Waals surface area contributed by atoms with Gasteiger partial charge in [0.15, 0.2) is 0 Å². The largest absolute Gasteiger partial charge is 0.359 e. The molecule has 0 aromatic heterocycles. The topological polar surface area (TPSA) is 3.24 Å². The molecule has 4 radical (unpaired) electrons. The number of hydrogen-bond acceptors (Lipinski definition) is 1. The first-order valence-electron chi connectivity index (χ1n) is 6.61. The Hall–Kier alpha value is 0.155. The average Bonchev–Trinajstić information content (AvgIpc) is 2.20. The summed E-state index contributed by atoms with van der Waals surface area (Å²) in [5, 5.41) is 0. The Balaban J connectivity index is 2.28. The molecule has 1 nitrogen and oxygen atoms in total. The van der Waals surface area contributed by atoms with E-state index in [4.69, 9.17) is 7.74 Å². The Bertz CT molecular complexity index is 202. The van der Waals surface area contributed by atoms with Crippen LogP contribution in [-0.2, 0) is 0 Å². The summed E-state index contributed by atoms with van der Waals surface area (Å²) in [6, 6.07) is 0. The summed E-state index contributed by atoms with van der Waals surface area (Å²) in [7, 11) is 11.7. The molecule has 16 heavy (non-hydrogen) atoms. The Kier molecular flexibility index (Phi) is 5.50. The normalized spacial score (nSPS) is 29.2. The van der Waals surface area contributed by atoms with Gasteiger partial charge in [-0.25, -0.2) is 0 Å². The van der Waals surface area contributed by atoms with Gasteiger partial charge in [0.05, 0.1) is 0 Å². The van der Waals surface area contributed by atoms with Crippen molar-refractivity contribution in [2.75, 3.05) is 13.6 Å². The van der Waals surface area contributed by atoms with Crippen molar-refractivity contribution >= 4 is 22.3 Å². The fourth-order valence-electron chi connectivity index (χ4n) is 2.89. The maximum atomic E-state index is 5.49. The van der Waals surface area contributed by atoms with Gasteiger partial charge in [0.25, 0.3) is 0 Å². The lowest BCUT2D eigenvalue weighted by Gasteiger charge is -2.49. The van der Waals surface area contributed by atoms with Crippen LogP contribution in [0.3, 0.4) is 0 Å². The summed E-state index contributed by atoms with van der Waals surface area (Å²) >= 11 is 0. The van der Waals surface area contributed by atoms with Gasteiger partial charge in [-0.3, -0.25) is 0 Å².